The quantitative estimate of drug-likeness (QED) is 0.747. The van der Waals surface area contributed by atoms with E-state index in [4.69, 9.17) is 4.74 Å². The lowest BCUT2D eigenvalue weighted by Gasteiger charge is -2.34. The molecule has 6 nitrogen and oxygen atoms in total. The van der Waals surface area contributed by atoms with Crippen LogP contribution in [-0.2, 0) is 27.7 Å². The molecule has 0 saturated carbocycles. The lowest BCUT2D eigenvalue weighted by molar-refractivity contribution is -0.134. The molecule has 29 heavy (non-hydrogen) atoms. The van der Waals surface area contributed by atoms with Crippen molar-refractivity contribution >= 4 is 15.9 Å². The highest BCUT2D eigenvalue weighted by atomic mass is 32.2. The molecule has 1 fully saturated rings. The average molecular weight is 418 g/mol. The van der Waals surface area contributed by atoms with E-state index in [2.05, 4.69) is 0 Å². The van der Waals surface area contributed by atoms with Crippen LogP contribution in [0.5, 0.6) is 5.75 Å². The van der Waals surface area contributed by atoms with Gasteiger partial charge in [-0.2, -0.15) is 4.31 Å². The summed E-state index contributed by atoms with van der Waals surface area (Å²) in [6.45, 7) is 0.970. The topological polar surface area (TPSA) is 66.9 Å². The predicted molar refractivity (Wildman–Crippen MR) is 106 cm³/mol. The Bertz CT molecular complexity index is 1000. The van der Waals surface area contributed by atoms with Gasteiger partial charge in [0.25, 0.3) is 5.91 Å². The summed E-state index contributed by atoms with van der Waals surface area (Å²) in [6, 6.07) is 10.9. The number of hydrogen-bond acceptors (Lipinski definition) is 4. The number of fused-ring (bicyclic) bond motifs is 1. The summed E-state index contributed by atoms with van der Waals surface area (Å²) in [5.41, 5.74) is 2.36. The van der Waals surface area contributed by atoms with Gasteiger partial charge in [0.05, 0.1) is 4.90 Å². The highest BCUT2D eigenvalue weighted by molar-refractivity contribution is 7.89. The molecule has 2 aromatic rings. The summed E-state index contributed by atoms with van der Waals surface area (Å²) in [5.74, 6) is -0.175. The zero-order chi connectivity index (χ0) is 20.4. The minimum absolute atomic E-state index is 0.163. The van der Waals surface area contributed by atoms with Gasteiger partial charge in [0.1, 0.15) is 11.6 Å². The fourth-order valence-corrected chi connectivity index (χ4v) is 5.28. The largest absolute Gasteiger partial charge is 0.484 e. The van der Waals surface area contributed by atoms with Crippen LogP contribution in [0.1, 0.15) is 17.5 Å². The summed E-state index contributed by atoms with van der Waals surface area (Å²) >= 11 is 0. The van der Waals surface area contributed by atoms with Crippen LogP contribution in [0.15, 0.2) is 47.4 Å². The maximum Gasteiger partial charge on any atom is 0.260 e. The van der Waals surface area contributed by atoms with Crippen LogP contribution in [0.3, 0.4) is 0 Å². The molecule has 2 aliphatic rings. The molecule has 154 valence electrons. The van der Waals surface area contributed by atoms with Gasteiger partial charge in [-0.05, 0) is 66.8 Å². The minimum Gasteiger partial charge on any atom is -0.484 e. The Labute approximate surface area is 169 Å². The lowest BCUT2D eigenvalue weighted by atomic mass is 10.1. The Hall–Kier alpha value is -2.45. The fourth-order valence-electron chi connectivity index (χ4n) is 3.80. The Kier molecular flexibility index (Phi) is 5.56. The highest BCUT2D eigenvalue weighted by Crippen LogP contribution is 2.26. The first-order chi connectivity index (χ1) is 13.9. The minimum atomic E-state index is -3.56. The molecule has 4 rings (SSSR count). The Morgan fingerprint density at radius 1 is 0.966 bits per heavy atom. The monoisotopic (exact) mass is 418 g/mol. The molecular weight excluding hydrogens is 395 g/mol. The Balaban J connectivity index is 1.33. The molecule has 1 saturated heterocycles. The number of aryl methyl sites for hydroxylation is 2. The van der Waals surface area contributed by atoms with E-state index >= 15 is 0 Å². The first-order valence-electron chi connectivity index (χ1n) is 9.71. The SMILES string of the molecule is O=C(COc1ccc(F)cc1)N1CCN(S(=O)(=O)c2ccc3c(c2)CCC3)CC1. The molecular formula is C21H23FN2O4S. The molecule has 0 N–H and O–H groups in total. The number of ether oxygens (including phenoxy) is 1. The van der Waals surface area contributed by atoms with Crippen molar-refractivity contribution in [3.8, 4) is 5.75 Å². The molecule has 0 spiro atoms. The van der Waals surface area contributed by atoms with Crippen LogP contribution in [-0.4, -0.2) is 56.3 Å². The summed E-state index contributed by atoms with van der Waals surface area (Å²) in [5, 5.41) is 0. The molecule has 0 atom stereocenters. The zero-order valence-electron chi connectivity index (χ0n) is 16.0. The van der Waals surface area contributed by atoms with Crippen LogP contribution in [0.2, 0.25) is 0 Å². The molecule has 1 amide bonds. The summed E-state index contributed by atoms with van der Waals surface area (Å²) < 4.78 is 45.7. The van der Waals surface area contributed by atoms with E-state index < -0.39 is 10.0 Å². The number of benzene rings is 2. The number of carbonyl (C=O) groups is 1. The number of sulfonamides is 1. The zero-order valence-corrected chi connectivity index (χ0v) is 16.8. The van der Waals surface area contributed by atoms with Crippen LogP contribution >= 0.6 is 0 Å². The maximum absolute atomic E-state index is 13.0. The molecule has 1 aliphatic heterocycles. The first-order valence-corrected chi connectivity index (χ1v) is 11.2. The van der Waals surface area contributed by atoms with Crippen LogP contribution < -0.4 is 4.74 Å². The summed E-state index contributed by atoms with van der Waals surface area (Å²) in [6.07, 6.45) is 3.01. The number of piperazine rings is 1. The van der Waals surface area contributed by atoms with Gasteiger partial charge in [0, 0.05) is 26.2 Å². The molecule has 0 radical (unpaired) electrons. The number of carbonyl (C=O) groups excluding carboxylic acids is 1. The number of hydrogen-bond donors (Lipinski definition) is 0. The number of halogens is 1. The van der Waals surface area contributed by atoms with Crippen LogP contribution in [0, 0.1) is 5.82 Å². The highest BCUT2D eigenvalue weighted by Gasteiger charge is 2.30. The predicted octanol–water partition coefficient (Wildman–Crippen LogP) is 2.23. The second-order valence-electron chi connectivity index (χ2n) is 7.31. The molecule has 0 aromatic heterocycles. The van der Waals surface area contributed by atoms with Gasteiger partial charge in [-0.3, -0.25) is 4.79 Å². The van der Waals surface area contributed by atoms with Crippen LogP contribution in [0.25, 0.3) is 0 Å². The van der Waals surface area contributed by atoms with Gasteiger partial charge in [-0.25, -0.2) is 12.8 Å². The van der Waals surface area contributed by atoms with Crippen molar-refractivity contribution in [3.63, 3.8) is 0 Å². The van der Waals surface area contributed by atoms with Crippen molar-refractivity contribution in [2.45, 2.75) is 24.2 Å². The second-order valence-corrected chi connectivity index (χ2v) is 9.25. The van der Waals surface area contributed by atoms with E-state index in [1.165, 1.54) is 34.1 Å². The van der Waals surface area contributed by atoms with Crippen LogP contribution in [0.4, 0.5) is 4.39 Å². The third kappa shape index (κ3) is 4.28. The van der Waals surface area contributed by atoms with E-state index in [9.17, 15) is 17.6 Å². The van der Waals surface area contributed by atoms with Crippen molar-refractivity contribution in [1.29, 1.82) is 0 Å². The molecule has 1 heterocycles. The number of rotatable bonds is 5. The van der Waals surface area contributed by atoms with E-state index in [1.807, 2.05) is 6.07 Å². The number of amides is 1. The van der Waals surface area contributed by atoms with E-state index in [-0.39, 0.29) is 31.4 Å². The smallest absolute Gasteiger partial charge is 0.260 e. The summed E-state index contributed by atoms with van der Waals surface area (Å²) in [7, 11) is -3.56. The van der Waals surface area contributed by atoms with E-state index in [0.717, 1.165) is 24.8 Å². The van der Waals surface area contributed by atoms with Gasteiger partial charge in [-0.1, -0.05) is 6.07 Å². The van der Waals surface area contributed by atoms with Crippen molar-refractivity contribution in [2.75, 3.05) is 32.8 Å². The van der Waals surface area contributed by atoms with Gasteiger partial charge in [-0.15, -0.1) is 0 Å². The maximum atomic E-state index is 13.0. The van der Waals surface area contributed by atoms with E-state index in [1.54, 1.807) is 17.0 Å². The number of nitrogens with zero attached hydrogens (tertiary/aromatic N) is 2. The Morgan fingerprint density at radius 3 is 2.38 bits per heavy atom. The van der Waals surface area contributed by atoms with Gasteiger partial charge in [0.15, 0.2) is 6.61 Å². The normalized spacial score (nSPS) is 17.2. The summed E-state index contributed by atoms with van der Waals surface area (Å²) in [4.78, 5) is 14.3. The Morgan fingerprint density at radius 2 is 1.66 bits per heavy atom. The third-order valence-corrected chi connectivity index (χ3v) is 7.37. The molecule has 2 aromatic carbocycles. The van der Waals surface area contributed by atoms with E-state index in [0.29, 0.717) is 23.7 Å². The molecule has 0 unspecified atom stereocenters. The lowest BCUT2D eigenvalue weighted by Crippen LogP contribution is -2.51. The van der Waals surface area contributed by atoms with Gasteiger partial charge < -0.3 is 9.64 Å². The van der Waals surface area contributed by atoms with Crippen molar-refractivity contribution in [2.24, 2.45) is 0 Å². The molecule has 1 aliphatic carbocycles. The first kappa shape index (κ1) is 19.8. The molecule has 0 bridgehead atoms. The average Bonchev–Trinajstić information content (AvgIpc) is 3.21. The second kappa shape index (κ2) is 8.12. The fraction of sp³-hybridized carbons (Fsp3) is 0.381. The molecule has 8 heteroatoms. The third-order valence-electron chi connectivity index (χ3n) is 5.48. The van der Waals surface area contributed by atoms with Crippen molar-refractivity contribution in [1.82, 2.24) is 9.21 Å². The van der Waals surface area contributed by atoms with Crippen molar-refractivity contribution in [3.05, 3.63) is 59.4 Å². The van der Waals surface area contributed by atoms with Gasteiger partial charge in [0.2, 0.25) is 10.0 Å². The van der Waals surface area contributed by atoms with Gasteiger partial charge >= 0.3 is 0 Å². The standard InChI is InChI=1S/C21H23FN2O4S/c22-18-5-7-19(8-6-18)28-15-21(25)23-10-12-24(13-11-23)29(26,27)20-9-4-16-2-1-3-17(16)14-20/h4-9,14H,1-3,10-13,15H2. The van der Waals surface area contributed by atoms with Crippen molar-refractivity contribution < 1.29 is 22.3 Å².